The van der Waals surface area contributed by atoms with Crippen molar-refractivity contribution in [3.05, 3.63) is 55.7 Å². The zero-order valence-corrected chi connectivity index (χ0v) is 18.4. The third-order valence-corrected chi connectivity index (χ3v) is 5.38. The third-order valence-electron chi connectivity index (χ3n) is 5.38. The normalized spacial score (nSPS) is 11.2. The van der Waals surface area contributed by atoms with Crippen molar-refractivity contribution >= 4 is 28.5 Å². The summed E-state index contributed by atoms with van der Waals surface area (Å²) in [4.78, 5) is 53.9. The van der Waals surface area contributed by atoms with E-state index in [0.29, 0.717) is 30.5 Å². The molecule has 3 rings (SSSR count). The van der Waals surface area contributed by atoms with Crippen LogP contribution in [0.3, 0.4) is 0 Å². The predicted molar refractivity (Wildman–Crippen MR) is 123 cm³/mol. The minimum Gasteiger partial charge on any atom is -0.408 e. The molecule has 0 aliphatic carbocycles. The number of oxazole rings is 1. The number of anilines is 2. The van der Waals surface area contributed by atoms with E-state index in [-0.39, 0.29) is 36.9 Å². The molecule has 0 spiro atoms. The number of aromatic nitrogens is 3. The van der Waals surface area contributed by atoms with E-state index in [2.05, 4.69) is 4.98 Å². The predicted octanol–water partition coefficient (Wildman–Crippen LogP) is 2.05. The molecule has 0 atom stereocenters. The van der Waals surface area contributed by atoms with Gasteiger partial charge in [-0.2, -0.15) is 0 Å². The summed E-state index contributed by atoms with van der Waals surface area (Å²) in [5, 5.41) is 0. The fraction of sp³-hybridized carbons (Fsp3) is 0.455. The topological polar surface area (TPSA) is 136 Å². The molecular formula is C22H29N5O5. The van der Waals surface area contributed by atoms with Crippen LogP contribution in [0.15, 0.2) is 43.1 Å². The summed E-state index contributed by atoms with van der Waals surface area (Å²) in [5.74, 6) is -0.944. The molecule has 0 aliphatic rings. The molecule has 0 aliphatic heterocycles. The maximum absolute atomic E-state index is 13.2. The van der Waals surface area contributed by atoms with E-state index in [4.69, 9.17) is 10.2 Å². The van der Waals surface area contributed by atoms with Gasteiger partial charge in [-0.15, -0.1) is 0 Å². The largest absolute Gasteiger partial charge is 0.419 e. The Bertz CT molecular complexity index is 1270. The van der Waals surface area contributed by atoms with E-state index < -0.39 is 17.0 Å². The molecule has 1 amide bonds. The van der Waals surface area contributed by atoms with Crippen molar-refractivity contribution in [1.29, 1.82) is 0 Å². The Morgan fingerprint density at radius 1 is 1.06 bits per heavy atom. The Balaban J connectivity index is 1.93. The SMILES string of the molecule is CCCCN(C(=O)CCn1c(=O)oc2ccccc21)c1c(N)n(CCCC)c(=O)[nH]c1=O. The Morgan fingerprint density at radius 2 is 1.78 bits per heavy atom. The van der Waals surface area contributed by atoms with Crippen molar-refractivity contribution in [3.8, 4) is 0 Å². The average Bonchev–Trinajstić information content (AvgIpc) is 3.08. The molecule has 2 aromatic heterocycles. The lowest BCUT2D eigenvalue weighted by Gasteiger charge is -2.24. The van der Waals surface area contributed by atoms with Gasteiger partial charge in [-0.25, -0.2) is 9.59 Å². The number of rotatable bonds is 10. The number of H-pyrrole nitrogens is 1. The zero-order chi connectivity index (χ0) is 23.3. The average molecular weight is 444 g/mol. The lowest BCUT2D eigenvalue weighted by Crippen LogP contribution is -2.42. The molecule has 10 nitrogen and oxygen atoms in total. The van der Waals surface area contributed by atoms with Crippen molar-refractivity contribution < 1.29 is 9.21 Å². The molecule has 3 N–H and O–H groups in total. The molecular weight excluding hydrogens is 414 g/mol. The Labute approximate surface area is 184 Å². The second-order valence-electron chi connectivity index (χ2n) is 7.63. The number of para-hydroxylation sites is 2. The standard InChI is InChI=1S/C22H29N5O5/c1-3-5-12-26(18-19(23)27(13-6-4-2)21(30)24-20(18)29)17(28)11-14-25-15-9-7-8-10-16(15)32-22(25)31/h7-10H,3-6,11-14,23H2,1-2H3,(H,24,29,30). The number of unbranched alkanes of at least 4 members (excludes halogenated alkanes) is 2. The Morgan fingerprint density at radius 3 is 2.50 bits per heavy atom. The fourth-order valence-electron chi connectivity index (χ4n) is 3.62. The highest BCUT2D eigenvalue weighted by atomic mass is 16.4. The summed E-state index contributed by atoms with van der Waals surface area (Å²) < 4.78 is 7.90. The van der Waals surface area contributed by atoms with Crippen LogP contribution in [0.5, 0.6) is 0 Å². The highest BCUT2D eigenvalue weighted by Gasteiger charge is 2.24. The summed E-state index contributed by atoms with van der Waals surface area (Å²) in [6.07, 6.45) is 2.94. The highest BCUT2D eigenvalue weighted by Crippen LogP contribution is 2.20. The van der Waals surface area contributed by atoms with Crippen molar-refractivity contribution in [2.45, 2.75) is 59.0 Å². The number of nitrogens with one attached hydrogen (secondary N) is 1. The number of carbonyl (C=O) groups is 1. The lowest BCUT2D eigenvalue weighted by atomic mass is 10.2. The van der Waals surface area contributed by atoms with Gasteiger partial charge >= 0.3 is 11.4 Å². The van der Waals surface area contributed by atoms with Gasteiger partial charge in [0.15, 0.2) is 11.3 Å². The smallest absolute Gasteiger partial charge is 0.408 e. The number of fused-ring (bicyclic) bond motifs is 1. The van der Waals surface area contributed by atoms with Crippen molar-refractivity contribution in [2.24, 2.45) is 0 Å². The van der Waals surface area contributed by atoms with Gasteiger partial charge in [-0.1, -0.05) is 38.8 Å². The van der Waals surface area contributed by atoms with E-state index in [1.165, 1.54) is 14.0 Å². The van der Waals surface area contributed by atoms with Gasteiger partial charge in [-0.05, 0) is 25.0 Å². The molecule has 2 heterocycles. The van der Waals surface area contributed by atoms with Gasteiger partial charge in [0.25, 0.3) is 5.56 Å². The molecule has 10 heteroatoms. The first-order valence-corrected chi connectivity index (χ1v) is 10.9. The fourth-order valence-corrected chi connectivity index (χ4v) is 3.62. The number of nitrogens with two attached hydrogens (primary N) is 1. The van der Waals surface area contributed by atoms with Crippen LogP contribution in [0.1, 0.15) is 46.0 Å². The summed E-state index contributed by atoms with van der Waals surface area (Å²) in [7, 11) is 0. The van der Waals surface area contributed by atoms with Crippen LogP contribution in [-0.4, -0.2) is 26.6 Å². The monoisotopic (exact) mass is 443 g/mol. The van der Waals surface area contributed by atoms with Gasteiger partial charge < -0.3 is 15.1 Å². The zero-order valence-electron chi connectivity index (χ0n) is 18.4. The summed E-state index contributed by atoms with van der Waals surface area (Å²) in [6.45, 7) is 4.65. The first-order chi connectivity index (χ1) is 15.4. The molecule has 0 unspecified atom stereocenters. The molecule has 0 radical (unpaired) electrons. The number of hydrogen-bond donors (Lipinski definition) is 2. The highest BCUT2D eigenvalue weighted by molar-refractivity contribution is 5.95. The van der Waals surface area contributed by atoms with Crippen molar-refractivity contribution in [3.63, 3.8) is 0 Å². The van der Waals surface area contributed by atoms with Gasteiger partial charge in [0.2, 0.25) is 5.91 Å². The van der Waals surface area contributed by atoms with Crippen LogP contribution in [0, 0.1) is 0 Å². The van der Waals surface area contributed by atoms with Gasteiger partial charge in [-0.3, -0.25) is 23.7 Å². The summed E-state index contributed by atoms with van der Waals surface area (Å²) >= 11 is 0. The minimum atomic E-state index is -0.698. The molecule has 0 fully saturated rings. The molecule has 0 saturated heterocycles. The Kier molecular flexibility index (Phi) is 7.34. The first-order valence-electron chi connectivity index (χ1n) is 10.9. The number of amides is 1. The number of carbonyl (C=O) groups excluding carboxylic acids is 1. The van der Waals surface area contributed by atoms with Crippen LogP contribution in [0.2, 0.25) is 0 Å². The van der Waals surface area contributed by atoms with E-state index in [1.807, 2.05) is 13.8 Å². The molecule has 1 aromatic carbocycles. The van der Waals surface area contributed by atoms with Crippen molar-refractivity contribution in [1.82, 2.24) is 14.1 Å². The van der Waals surface area contributed by atoms with Gasteiger partial charge in [0, 0.05) is 26.1 Å². The molecule has 32 heavy (non-hydrogen) atoms. The summed E-state index contributed by atoms with van der Waals surface area (Å²) in [6, 6.07) is 6.97. The number of nitrogen functional groups attached to an aromatic ring is 1. The van der Waals surface area contributed by atoms with Crippen LogP contribution >= 0.6 is 0 Å². The second kappa shape index (κ2) is 10.2. The van der Waals surface area contributed by atoms with Crippen LogP contribution in [0.4, 0.5) is 11.5 Å². The maximum Gasteiger partial charge on any atom is 0.419 e. The molecule has 3 aromatic rings. The number of hydrogen-bond acceptors (Lipinski definition) is 6. The van der Waals surface area contributed by atoms with Crippen LogP contribution in [0.25, 0.3) is 11.1 Å². The molecule has 0 bridgehead atoms. The number of nitrogens with zero attached hydrogens (tertiary/aromatic N) is 3. The molecule has 0 saturated carbocycles. The van der Waals surface area contributed by atoms with E-state index in [1.54, 1.807) is 24.3 Å². The first kappa shape index (κ1) is 23.1. The third kappa shape index (κ3) is 4.68. The van der Waals surface area contributed by atoms with Crippen LogP contribution in [-0.2, 0) is 17.9 Å². The van der Waals surface area contributed by atoms with Crippen LogP contribution < -0.4 is 27.6 Å². The quantitative estimate of drug-likeness (QED) is 0.492. The summed E-state index contributed by atoms with van der Waals surface area (Å²) in [5.41, 5.74) is 5.92. The van der Waals surface area contributed by atoms with E-state index in [0.717, 1.165) is 12.8 Å². The van der Waals surface area contributed by atoms with Crippen molar-refractivity contribution in [2.75, 3.05) is 17.2 Å². The molecule has 172 valence electrons. The second-order valence-corrected chi connectivity index (χ2v) is 7.63. The van der Waals surface area contributed by atoms with Gasteiger partial charge in [0.1, 0.15) is 5.82 Å². The van der Waals surface area contributed by atoms with Gasteiger partial charge in [0.05, 0.1) is 5.52 Å². The maximum atomic E-state index is 13.2. The van der Waals surface area contributed by atoms with E-state index >= 15 is 0 Å². The number of aryl methyl sites for hydroxylation is 1. The lowest BCUT2D eigenvalue weighted by molar-refractivity contribution is -0.118. The van der Waals surface area contributed by atoms with E-state index in [9.17, 15) is 19.2 Å². The minimum absolute atomic E-state index is 0.0245. The number of aromatic amines is 1. The Hall–Kier alpha value is -3.56. The number of benzene rings is 1.